The van der Waals surface area contributed by atoms with E-state index in [0.717, 1.165) is 34.4 Å². The van der Waals surface area contributed by atoms with Gasteiger partial charge in [-0.2, -0.15) is 11.8 Å². The smallest absolute Gasteiger partial charge is 0.258 e. The van der Waals surface area contributed by atoms with Gasteiger partial charge in [-0.25, -0.2) is 0 Å². The molecule has 4 atom stereocenters. The number of hydrogen-bond donors (Lipinski definition) is 3. The SMILES string of the molecule is Cc1cccc(C)c1OCC(=O)N[C@@H](Cc1ccccc1)[C@H](O)CN1CC[C@@H](SCc2cccnc2)C[C@H]1C(=O)NC(C)(C)C. The average Bonchev–Trinajstić information content (AvgIpc) is 3.00. The second-order valence-electron chi connectivity index (χ2n) is 13.0. The molecule has 3 N–H and O–H groups in total. The molecule has 9 heteroatoms. The van der Waals surface area contributed by atoms with Crippen LogP contribution >= 0.6 is 11.8 Å². The highest BCUT2D eigenvalue weighted by Gasteiger charge is 2.37. The summed E-state index contributed by atoms with van der Waals surface area (Å²) in [6.07, 6.45) is 4.79. The van der Waals surface area contributed by atoms with Crippen molar-refractivity contribution in [3.63, 3.8) is 0 Å². The van der Waals surface area contributed by atoms with E-state index >= 15 is 0 Å². The Hall–Kier alpha value is -3.40. The van der Waals surface area contributed by atoms with Gasteiger partial charge < -0.3 is 20.5 Å². The number of pyridine rings is 1. The third-order valence-corrected chi connectivity index (χ3v) is 9.36. The molecule has 242 valence electrons. The van der Waals surface area contributed by atoms with Crippen molar-refractivity contribution in [2.24, 2.45) is 0 Å². The molecule has 3 aromatic rings. The Labute approximate surface area is 272 Å². The number of likely N-dealkylation sites (tertiary alicyclic amines) is 1. The van der Waals surface area contributed by atoms with Crippen LogP contribution in [0.15, 0.2) is 73.1 Å². The number of piperidine rings is 1. The first-order valence-corrected chi connectivity index (χ1v) is 16.8. The summed E-state index contributed by atoms with van der Waals surface area (Å²) in [4.78, 5) is 33.1. The summed E-state index contributed by atoms with van der Waals surface area (Å²) in [5.41, 5.74) is 3.72. The molecule has 1 fully saturated rings. The zero-order chi connectivity index (χ0) is 32.4. The van der Waals surface area contributed by atoms with Crippen LogP contribution in [0.1, 0.15) is 55.9 Å². The molecular formula is C36H48N4O4S. The van der Waals surface area contributed by atoms with Crippen LogP contribution in [0.4, 0.5) is 0 Å². The first-order valence-electron chi connectivity index (χ1n) is 15.8. The molecule has 1 aromatic heterocycles. The van der Waals surface area contributed by atoms with Gasteiger partial charge in [-0.3, -0.25) is 19.5 Å². The second-order valence-corrected chi connectivity index (χ2v) is 14.3. The lowest BCUT2D eigenvalue weighted by Crippen LogP contribution is -2.59. The van der Waals surface area contributed by atoms with Gasteiger partial charge in [0.1, 0.15) is 5.75 Å². The van der Waals surface area contributed by atoms with E-state index in [0.29, 0.717) is 30.4 Å². The van der Waals surface area contributed by atoms with Crippen LogP contribution in [0.5, 0.6) is 5.75 Å². The summed E-state index contributed by atoms with van der Waals surface area (Å²) in [7, 11) is 0. The van der Waals surface area contributed by atoms with Gasteiger partial charge in [-0.1, -0.05) is 54.6 Å². The molecule has 4 rings (SSSR count). The van der Waals surface area contributed by atoms with Crippen LogP contribution in [-0.2, 0) is 21.8 Å². The number of aryl methyl sites for hydroxylation is 2. The molecule has 0 unspecified atom stereocenters. The average molecular weight is 633 g/mol. The maximum atomic E-state index is 13.6. The molecule has 0 radical (unpaired) electrons. The predicted octanol–water partition coefficient (Wildman–Crippen LogP) is 4.85. The fraction of sp³-hybridized carbons (Fsp3) is 0.472. The van der Waals surface area contributed by atoms with Gasteiger partial charge in [-0.15, -0.1) is 0 Å². The van der Waals surface area contributed by atoms with Crippen LogP contribution in [0, 0.1) is 13.8 Å². The maximum absolute atomic E-state index is 13.6. The van der Waals surface area contributed by atoms with E-state index in [9.17, 15) is 14.7 Å². The van der Waals surface area contributed by atoms with Crippen molar-refractivity contribution in [3.8, 4) is 5.75 Å². The van der Waals surface area contributed by atoms with Crippen LogP contribution in [0.3, 0.4) is 0 Å². The van der Waals surface area contributed by atoms with E-state index in [4.69, 9.17) is 4.74 Å². The molecule has 0 saturated carbocycles. The fourth-order valence-electron chi connectivity index (χ4n) is 5.71. The molecule has 1 saturated heterocycles. The minimum absolute atomic E-state index is 0.0352. The first-order chi connectivity index (χ1) is 21.5. The van der Waals surface area contributed by atoms with Crippen LogP contribution in [0.25, 0.3) is 0 Å². The number of para-hydroxylation sites is 1. The number of nitrogens with one attached hydrogen (secondary N) is 2. The number of hydrogen-bond acceptors (Lipinski definition) is 7. The number of amides is 2. The van der Waals surface area contributed by atoms with Crippen molar-refractivity contribution in [3.05, 3.63) is 95.3 Å². The standard InChI is InChI=1S/C36H48N4O4S/c1-25-11-9-12-26(2)34(25)44-23-33(42)38-30(19-27-13-7-6-8-14-27)32(41)22-40-18-16-29(45-24-28-15-10-17-37-21-28)20-31(40)35(43)39-36(3,4)5/h6-15,17,21,29-32,41H,16,18-20,22-24H2,1-5H3,(H,38,42)(H,39,43)/t29-,30+,31+,32-/m1/s1. The highest BCUT2D eigenvalue weighted by molar-refractivity contribution is 7.99. The molecule has 1 aliphatic rings. The molecular weight excluding hydrogens is 584 g/mol. The number of β-amino-alcohol motifs (C(OH)–C–C–N with tert-alkyl or cyclic N) is 1. The summed E-state index contributed by atoms with van der Waals surface area (Å²) in [5.74, 6) is 1.20. The minimum Gasteiger partial charge on any atom is -0.483 e. The predicted molar refractivity (Wildman–Crippen MR) is 181 cm³/mol. The van der Waals surface area contributed by atoms with E-state index < -0.39 is 12.1 Å². The molecule has 0 spiro atoms. The number of ether oxygens (including phenoxy) is 1. The van der Waals surface area contributed by atoms with E-state index in [1.165, 1.54) is 0 Å². The monoisotopic (exact) mass is 632 g/mol. The summed E-state index contributed by atoms with van der Waals surface area (Å²) >= 11 is 1.85. The summed E-state index contributed by atoms with van der Waals surface area (Å²) in [6, 6.07) is 18.8. The number of thioether (sulfide) groups is 1. The maximum Gasteiger partial charge on any atom is 0.258 e. The van der Waals surface area contributed by atoms with Crippen molar-refractivity contribution < 1.29 is 19.4 Å². The number of aromatic nitrogens is 1. The largest absolute Gasteiger partial charge is 0.483 e. The lowest BCUT2D eigenvalue weighted by Gasteiger charge is -2.41. The third-order valence-electron chi connectivity index (χ3n) is 7.96. The summed E-state index contributed by atoms with van der Waals surface area (Å²) < 4.78 is 5.91. The quantitative estimate of drug-likeness (QED) is 0.248. The number of carbonyl (C=O) groups is 2. The van der Waals surface area contributed by atoms with Gasteiger partial charge in [0.05, 0.1) is 18.2 Å². The lowest BCUT2D eigenvalue weighted by atomic mass is 9.96. The van der Waals surface area contributed by atoms with Gasteiger partial charge in [0.25, 0.3) is 5.91 Å². The van der Waals surface area contributed by atoms with Crippen molar-refractivity contribution in [1.29, 1.82) is 0 Å². The Balaban J connectivity index is 1.45. The van der Waals surface area contributed by atoms with E-state index in [-0.39, 0.29) is 36.5 Å². The molecule has 2 aromatic carbocycles. The lowest BCUT2D eigenvalue weighted by molar-refractivity contribution is -0.130. The zero-order valence-electron chi connectivity index (χ0n) is 27.2. The summed E-state index contributed by atoms with van der Waals surface area (Å²) in [5, 5.41) is 18.2. The Bertz CT molecular complexity index is 1360. The number of aliphatic hydroxyl groups excluding tert-OH is 1. The van der Waals surface area contributed by atoms with Gasteiger partial charge in [0.2, 0.25) is 5.91 Å². The van der Waals surface area contributed by atoms with Crippen LogP contribution in [-0.4, -0.2) is 75.5 Å². The molecule has 8 nitrogen and oxygen atoms in total. The second kappa shape index (κ2) is 16.2. The van der Waals surface area contributed by atoms with E-state index in [1.54, 1.807) is 6.20 Å². The minimum atomic E-state index is -0.904. The Kier molecular flexibility index (Phi) is 12.4. The van der Waals surface area contributed by atoms with Gasteiger partial charge in [-0.05, 0) is 82.2 Å². The third kappa shape index (κ3) is 10.9. The highest BCUT2D eigenvalue weighted by Crippen LogP contribution is 2.30. The van der Waals surface area contributed by atoms with E-state index in [2.05, 4.69) is 26.6 Å². The molecule has 1 aliphatic heterocycles. The van der Waals surface area contributed by atoms with Crippen molar-refractivity contribution >= 4 is 23.6 Å². The number of aliphatic hydroxyl groups is 1. The molecule has 0 bridgehead atoms. The Morgan fingerprint density at radius 3 is 2.42 bits per heavy atom. The normalized spacial score (nSPS) is 18.5. The van der Waals surface area contributed by atoms with E-state index in [1.807, 2.05) is 107 Å². The molecule has 45 heavy (non-hydrogen) atoms. The Morgan fingerprint density at radius 1 is 1.04 bits per heavy atom. The topological polar surface area (TPSA) is 104 Å². The summed E-state index contributed by atoms with van der Waals surface area (Å²) in [6.45, 7) is 10.6. The highest BCUT2D eigenvalue weighted by atomic mass is 32.2. The zero-order valence-corrected chi connectivity index (χ0v) is 28.0. The van der Waals surface area contributed by atoms with Gasteiger partial charge in [0.15, 0.2) is 6.61 Å². The van der Waals surface area contributed by atoms with Crippen molar-refractivity contribution in [2.45, 2.75) is 88.6 Å². The number of carbonyl (C=O) groups excluding carboxylic acids is 2. The number of benzene rings is 2. The number of nitrogens with zero attached hydrogens (tertiary/aromatic N) is 2. The molecule has 2 amide bonds. The van der Waals surface area contributed by atoms with Gasteiger partial charge in [0, 0.05) is 42.0 Å². The Morgan fingerprint density at radius 2 is 1.76 bits per heavy atom. The van der Waals surface area contributed by atoms with Crippen molar-refractivity contribution in [2.75, 3.05) is 19.7 Å². The first kappa shape index (κ1) is 34.5. The molecule has 0 aliphatic carbocycles. The van der Waals surface area contributed by atoms with Crippen LogP contribution in [0.2, 0.25) is 0 Å². The molecule has 2 heterocycles. The fourth-order valence-corrected chi connectivity index (χ4v) is 6.90. The number of rotatable bonds is 13. The van der Waals surface area contributed by atoms with Gasteiger partial charge >= 0.3 is 0 Å². The van der Waals surface area contributed by atoms with Crippen LogP contribution < -0.4 is 15.4 Å². The van der Waals surface area contributed by atoms with Crippen molar-refractivity contribution in [1.82, 2.24) is 20.5 Å².